The van der Waals surface area contributed by atoms with Gasteiger partial charge in [0.1, 0.15) is 0 Å². The van der Waals surface area contributed by atoms with Crippen LogP contribution in [0.25, 0.3) is 11.4 Å². The van der Waals surface area contributed by atoms with Gasteiger partial charge in [0.25, 0.3) is 5.89 Å². The van der Waals surface area contributed by atoms with E-state index in [-0.39, 0.29) is 23.7 Å². The fourth-order valence-electron chi connectivity index (χ4n) is 3.05. The summed E-state index contributed by atoms with van der Waals surface area (Å²) >= 11 is 0. The molecule has 1 heterocycles. The lowest BCUT2D eigenvalue weighted by molar-refractivity contribution is -0.149. The Balaban J connectivity index is 1.71. The third-order valence-electron chi connectivity index (χ3n) is 4.62. The van der Waals surface area contributed by atoms with Gasteiger partial charge in [-0.3, -0.25) is 4.79 Å². The van der Waals surface area contributed by atoms with Gasteiger partial charge in [0.2, 0.25) is 11.6 Å². The van der Waals surface area contributed by atoms with E-state index in [2.05, 4.69) is 10.1 Å². The predicted molar refractivity (Wildman–Crippen MR) is 109 cm³/mol. The summed E-state index contributed by atoms with van der Waals surface area (Å²) in [6, 6.07) is 7.76. The smallest absolute Gasteiger partial charge is 0.416 e. The zero-order valence-corrected chi connectivity index (χ0v) is 18.2. The number of halogens is 3. The molecule has 1 atom stereocenters. The monoisotopic (exact) mass is 466 g/mol. The molecule has 8 nitrogen and oxygen atoms in total. The molecule has 0 bridgehead atoms. The lowest BCUT2D eigenvalue weighted by atomic mass is 10.1. The van der Waals surface area contributed by atoms with Crippen LogP contribution in [0.15, 0.2) is 40.9 Å². The third-order valence-corrected chi connectivity index (χ3v) is 4.62. The van der Waals surface area contributed by atoms with Crippen molar-refractivity contribution in [2.24, 2.45) is 0 Å². The van der Waals surface area contributed by atoms with Crippen LogP contribution in [0.4, 0.5) is 13.2 Å². The van der Waals surface area contributed by atoms with Crippen LogP contribution in [-0.4, -0.2) is 37.4 Å². The van der Waals surface area contributed by atoms with Gasteiger partial charge in [-0.15, -0.1) is 0 Å². The van der Waals surface area contributed by atoms with Crippen LogP contribution in [0.5, 0.6) is 17.2 Å². The van der Waals surface area contributed by atoms with Gasteiger partial charge >= 0.3 is 12.1 Å². The number of esters is 1. The van der Waals surface area contributed by atoms with Crippen molar-refractivity contribution in [3.63, 3.8) is 0 Å². The van der Waals surface area contributed by atoms with Crippen molar-refractivity contribution in [1.29, 1.82) is 0 Å². The van der Waals surface area contributed by atoms with Gasteiger partial charge in [-0.25, -0.2) is 0 Å². The van der Waals surface area contributed by atoms with Gasteiger partial charge in [-0.1, -0.05) is 17.3 Å². The van der Waals surface area contributed by atoms with Crippen LogP contribution < -0.4 is 14.2 Å². The maximum Gasteiger partial charge on any atom is 0.416 e. The predicted octanol–water partition coefficient (Wildman–Crippen LogP) is 4.63. The Morgan fingerprint density at radius 3 is 2.30 bits per heavy atom. The van der Waals surface area contributed by atoms with E-state index in [1.807, 2.05) is 0 Å². The van der Waals surface area contributed by atoms with Gasteiger partial charge in [-0.05, 0) is 36.8 Å². The van der Waals surface area contributed by atoms with Crippen molar-refractivity contribution in [3.05, 3.63) is 53.4 Å². The molecule has 0 spiro atoms. The molecule has 0 aliphatic carbocycles. The summed E-state index contributed by atoms with van der Waals surface area (Å²) in [5.41, 5.74) is -0.163. The summed E-state index contributed by atoms with van der Waals surface area (Å²) in [5, 5.41) is 3.69. The lowest BCUT2D eigenvalue weighted by Gasteiger charge is -2.14. The first-order chi connectivity index (χ1) is 15.7. The topological polar surface area (TPSA) is 92.9 Å². The van der Waals surface area contributed by atoms with Gasteiger partial charge in [0, 0.05) is 5.56 Å². The Labute approximate surface area is 187 Å². The highest BCUT2D eigenvalue weighted by molar-refractivity contribution is 5.74. The Hall–Kier alpha value is -3.76. The fraction of sp³-hybridized carbons (Fsp3) is 0.318. The number of methoxy groups -OCH3 is 3. The van der Waals surface area contributed by atoms with E-state index in [1.165, 1.54) is 40.4 Å². The molecule has 0 aliphatic heterocycles. The summed E-state index contributed by atoms with van der Waals surface area (Å²) in [4.78, 5) is 16.5. The Morgan fingerprint density at radius 2 is 1.73 bits per heavy atom. The average Bonchev–Trinajstić information content (AvgIpc) is 3.28. The first-order valence-corrected chi connectivity index (χ1v) is 9.65. The number of aromatic nitrogens is 2. The van der Waals surface area contributed by atoms with Crippen LogP contribution in [0, 0.1) is 0 Å². The highest BCUT2D eigenvalue weighted by Crippen LogP contribution is 2.38. The van der Waals surface area contributed by atoms with Gasteiger partial charge in [0.15, 0.2) is 17.6 Å². The zero-order chi connectivity index (χ0) is 24.2. The van der Waals surface area contributed by atoms with Gasteiger partial charge < -0.3 is 23.5 Å². The van der Waals surface area contributed by atoms with Crippen molar-refractivity contribution < 1.29 is 41.4 Å². The maximum absolute atomic E-state index is 12.9. The summed E-state index contributed by atoms with van der Waals surface area (Å²) in [5.74, 6) is 0.448. The molecule has 0 amide bonds. The molecule has 0 saturated carbocycles. The molecule has 2 aromatic carbocycles. The Morgan fingerprint density at radius 1 is 1.06 bits per heavy atom. The molecule has 0 aliphatic rings. The second-order valence-corrected chi connectivity index (χ2v) is 6.88. The first kappa shape index (κ1) is 23.9. The van der Waals surface area contributed by atoms with E-state index in [1.54, 1.807) is 12.1 Å². The van der Waals surface area contributed by atoms with E-state index >= 15 is 0 Å². The molecule has 33 heavy (non-hydrogen) atoms. The lowest BCUT2D eigenvalue weighted by Crippen LogP contribution is -2.12. The number of carbonyl (C=O) groups excluding carboxylic acids is 1. The van der Waals surface area contributed by atoms with Gasteiger partial charge in [-0.2, -0.15) is 18.2 Å². The molecule has 1 aromatic heterocycles. The number of alkyl halides is 3. The standard InChI is InChI=1S/C22H21F3N2O6/c1-12(21-26-20(27-33-21)14-6-5-7-15(11-14)22(23,24)25)32-18(28)10-13-8-16(29-2)19(31-4)17(9-13)30-3/h5-9,11-12H,10H2,1-4H3. The minimum Gasteiger partial charge on any atom is -0.493 e. The van der Waals surface area contributed by atoms with E-state index < -0.39 is 23.8 Å². The third kappa shape index (κ3) is 5.54. The van der Waals surface area contributed by atoms with Crippen molar-refractivity contribution in [3.8, 4) is 28.6 Å². The number of benzene rings is 2. The number of ether oxygens (including phenoxy) is 4. The molecule has 3 rings (SSSR count). The summed E-state index contributed by atoms with van der Waals surface area (Å²) in [6.07, 6.45) is -5.54. The second-order valence-electron chi connectivity index (χ2n) is 6.88. The minimum atomic E-state index is -4.50. The molecule has 1 unspecified atom stereocenters. The van der Waals surface area contributed by atoms with Crippen LogP contribution in [-0.2, 0) is 22.1 Å². The molecule has 11 heteroatoms. The average molecular weight is 466 g/mol. The SMILES string of the molecule is COc1cc(CC(=O)OC(C)c2nc(-c3cccc(C(F)(F)F)c3)no2)cc(OC)c1OC. The van der Waals surface area contributed by atoms with E-state index in [9.17, 15) is 18.0 Å². The van der Waals surface area contributed by atoms with E-state index in [0.717, 1.165) is 12.1 Å². The molecule has 0 radical (unpaired) electrons. The van der Waals surface area contributed by atoms with Crippen LogP contribution in [0.1, 0.15) is 30.0 Å². The van der Waals surface area contributed by atoms with E-state index in [4.69, 9.17) is 23.5 Å². The van der Waals surface area contributed by atoms with E-state index in [0.29, 0.717) is 22.8 Å². The first-order valence-electron chi connectivity index (χ1n) is 9.65. The fourth-order valence-corrected chi connectivity index (χ4v) is 3.05. The van der Waals surface area contributed by atoms with Crippen LogP contribution in [0.3, 0.4) is 0 Å². The summed E-state index contributed by atoms with van der Waals surface area (Å²) in [6.45, 7) is 1.51. The molecule has 176 valence electrons. The summed E-state index contributed by atoms with van der Waals surface area (Å²) < 4.78 is 65.0. The minimum absolute atomic E-state index is 0.0522. The Bertz CT molecular complexity index is 1100. The van der Waals surface area contributed by atoms with Crippen LogP contribution >= 0.6 is 0 Å². The normalized spacial score (nSPS) is 12.2. The number of carbonyl (C=O) groups is 1. The molecule has 0 fully saturated rings. The van der Waals surface area contributed by atoms with Crippen molar-refractivity contribution >= 4 is 5.97 Å². The zero-order valence-electron chi connectivity index (χ0n) is 18.2. The number of hydrogen-bond acceptors (Lipinski definition) is 8. The number of nitrogens with zero attached hydrogens (tertiary/aromatic N) is 2. The molecule has 0 N–H and O–H groups in total. The molecule has 3 aromatic rings. The van der Waals surface area contributed by atoms with Crippen molar-refractivity contribution in [1.82, 2.24) is 10.1 Å². The highest BCUT2D eigenvalue weighted by Gasteiger charge is 2.31. The van der Waals surface area contributed by atoms with Crippen molar-refractivity contribution in [2.75, 3.05) is 21.3 Å². The van der Waals surface area contributed by atoms with Gasteiger partial charge in [0.05, 0.1) is 33.3 Å². The molecule has 0 saturated heterocycles. The number of rotatable bonds is 8. The highest BCUT2D eigenvalue weighted by atomic mass is 19.4. The second kappa shape index (κ2) is 9.80. The molecular formula is C22H21F3N2O6. The molecular weight excluding hydrogens is 445 g/mol. The Kier molecular flexibility index (Phi) is 7.10. The van der Waals surface area contributed by atoms with Crippen molar-refractivity contribution in [2.45, 2.75) is 25.6 Å². The number of hydrogen-bond donors (Lipinski definition) is 0. The quantitative estimate of drug-likeness (QED) is 0.444. The largest absolute Gasteiger partial charge is 0.493 e. The van der Waals surface area contributed by atoms with Crippen LogP contribution in [0.2, 0.25) is 0 Å². The summed E-state index contributed by atoms with van der Waals surface area (Å²) in [7, 11) is 4.38. The maximum atomic E-state index is 12.9.